The average Bonchev–Trinajstić information content (AvgIpc) is 2.60. The number of β-amino-alcohol motifs (C(OH)–C–C–N with tert-alkyl or cyclic N) is 1. The van der Waals surface area contributed by atoms with Crippen LogP contribution in [0, 0.1) is 0 Å². The lowest BCUT2D eigenvalue weighted by molar-refractivity contribution is 0.0307. The second-order valence-corrected chi connectivity index (χ2v) is 4.32. The van der Waals surface area contributed by atoms with E-state index in [0.29, 0.717) is 13.1 Å². The van der Waals surface area contributed by atoms with Crippen LogP contribution in [0.2, 0.25) is 0 Å². The van der Waals surface area contributed by atoms with Crippen LogP contribution in [0.4, 0.5) is 5.82 Å². The third kappa shape index (κ3) is 1.29. The van der Waals surface area contributed by atoms with E-state index in [4.69, 9.17) is 4.42 Å². The maximum Gasteiger partial charge on any atom is 0.139 e. The van der Waals surface area contributed by atoms with Crippen LogP contribution < -0.4 is 4.90 Å². The van der Waals surface area contributed by atoms with Crippen LogP contribution in [0.25, 0.3) is 11.0 Å². The molecular formula is C11H12N2O2. The predicted molar refractivity (Wildman–Crippen MR) is 56.8 cm³/mol. The smallest absolute Gasteiger partial charge is 0.139 e. The van der Waals surface area contributed by atoms with Crippen molar-refractivity contribution in [1.82, 2.24) is 4.98 Å². The Balaban J connectivity index is 2.02. The average molecular weight is 204 g/mol. The summed E-state index contributed by atoms with van der Waals surface area (Å²) < 4.78 is 5.30. The molecule has 0 aliphatic carbocycles. The molecular weight excluding hydrogens is 192 g/mol. The zero-order valence-corrected chi connectivity index (χ0v) is 8.47. The van der Waals surface area contributed by atoms with Crippen molar-refractivity contribution >= 4 is 16.8 Å². The molecule has 1 N–H and O–H groups in total. The van der Waals surface area contributed by atoms with Crippen LogP contribution in [0.1, 0.15) is 6.92 Å². The van der Waals surface area contributed by atoms with Crippen molar-refractivity contribution < 1.29 is 9.52 Å². The predicted octanol–water partition coefficient (Wildman–Crippen LogP) is 1.40. The topological polar surface area (TPSA) is 49.5 Å². The van der Waals surface area contributed by atoms with Crippen molar-refractivity contribution in [2.24, 2.45) is 0 Å². The maximum atomic E-state index is 9.67. The van der Waals surface area contributed by atoms with Gasteiger partial charge in [0.2, 0.25) is 0 Å². The summed E-state index contributed by atoms with van der Waals surface area (Å²) in [6, 6.07) is 3.75. The van der Waals surface area contributed by atoms with Gasteiger partial charge >= 0.3 is 0 Å². The third-order valence-electron chi connectivity index (χ3n) is 2.72. The molecule has 0 amide bonds. The van der Waals surface area contributed by atoms with E-state index in [2.05, 4.69) is 9.88 Å². The molecule has 4 nitrogen and oxygen atoms in total. The number of nitrogens with zero attached hydrogens (tertiary/aromatic N) is 2. The monoisotopic (exact) mass is 204 g/mol. The van der Waals surface area contributed by atoms with Gasteiger partial charge in [-0.25, -0.2) is 4.98 Å². The number of hydrogen-bond donors (Lipinski definition) is 1. The lowest BCUT2D eigenvalue weighted by atomic mass is 9.97. The molecule has 4 heteroatoms. The Bertz CT molecular complexity index is 496. The zero-order chi connectivity index (χ0) is 10.5. The Labute approximate surface area is 87.1 Å². The van der Waals surface area contributed by atoms with E-state index in [-0.39, 0.29) is 0 Å². The highest BCUT2D eigenvalue weighted by Gasteiger charge is 2.37. The van der Waals surface area contributed by atoms with Gasteiger partial charge < -0.3 is 14.4 Å². The van der Waals surface area contributed by atoms with Crippen molar-refractivity contribution in [3.8, 4) is 0 Å². The van der Waals surface area contributed by atoms with Crippen LogP contribution in [0.15, 0.2) is 29.0 Å². The van der Waals surface area contributed by atoms with Crippen molar-refractivity contribution in [3.63, 3.8) is 0 Å². The van der Waals surface area contributed by atoms with Gasteiger partial charge in [0, 0.05) is 19.3 Å². The van der Waals surface area contributed by atoms with Gasteiger partial charge in [0.25, 0.3) is 0 Å². The molecule has 1 saturated heterocycles. The largest absolute Gasteiger partial charge is 0.464 e. The van der Waals surface area contributed by atoms with Gasteiger partial charge in [0.05, 0.1) is 17.3 Å². The molecule has 3 rings (SSSR count). The van der Waals surface area contributed by atoms with Gasteiger partial charge in [-0.15, -0.1) is 0 Å². The summed E-state index contributed by atoms with van der Waals surface area (Å²) in [6.07, 6.45) is 3.39. The Hall–Kier alpha value is -1.55. The van der Waals surface area contributed by atoms with E-state index in [1.54, 1.807) is 12.5 Å². The van der Waals surface area contributed by atoms with Crippen LogP contribution in [-0.2, 0) is 0 Å². The first kappa shape index (κ1) is 8.73. The molecule has 3 heterocycles. The van der Waals surface area contributed by atoms with Gasteiger partial charge in [0.15, 0.2) is 0 Å². The Morgan fingerprint density at radius 1 is 1.47 bits per heavy atom. The number of aliphatic hydroxyl groups is 1. The van der Waals surface area contributed by atoms with Crippen LogP contribution >= 0.6 is 0 Å². The summed E-state index contributed by atoms with van der Waals surface area (Å²) in [5, 5.41) is 10.7. The summed E-state index contributed by atoms with van der Waals surface area (Å²) in [5.41, 5.74) is 0.264. The molecule has 0 atom stereocenters. The summed E-state index contributed by atoms with van der Waals surface area (Å²) >= 11 is 0. The summed E-state index contributed by atoms with van der Waals surface area (Å²) in [6.45, 7) is 3.09. The van der Waals surface area contributed by atoms with Crippen LogP contribution in [0.3, 0.4) is 0 Å². The third-order valence-corrected chi connectivity index (χ3v) is 2.72. The molecule has 1 aliphatic heterocycles. The normalized spacial score (nSPS) is 19.2. The summed E-state index contributed by atoms with van der Waals surface area (Å²) in [7, 11) is 0. The molecule has 0 spiro atoms. The minimum Gasteiger partial charge on any atom is -0.464 e. The first-order valence-electron chi connectivity index (χ1n) is 4.95. The highest BCUT2D eigenvalue weighted by molar-refractivity contribution is 5.88. The first-order valence-corrected chi connectivity index (χ1v) is 4.95. The molecule has 2 aromatic rings. The lowest BCUT2D eigenvalue weighted by Gasteiger charge is -2.45. The van der Waals surface area contributed by atoms with Crippen molar-refractivity contribution in [2.75, 3.05) is 18.0 Å². The molecule has 1 fully saturated rings. The quantitative estimate of drug-likeness (QED) is 0.762. The minimum absolute atomic E-state index is 0.576. The van der Waals surface area contributed by atoms with Gasteiger partial charge in [0.1, 0.15) is 11.4 Å². The highest BCUT2D eigenvalue weighted by Crippen LogP contribution is 2.31. The molecule has 78 valence electrons. The van der Waals surface area contributed by atoms with E-state index in [1.807, 2.05) is 19.1 Å². The van der Waals surface area contributed by atoms with Gasteiger partial charge in [-0.05, 0) is 19.1 Å². The molecule has 0 unspecified atom stereocenters. The number of pyridine rings is 1. The fourth-order valence-electron chi connectivity index (χ4n) is 2.06. The molecule has 0 aromatic carbocycles. The van der Waals surface area contributed by atoms with Gasteiger partial charge in [-0.1, -0.05) is 0 Å². The molecule has 1 aliphatic rings. The standard InChI is InChI=1S/C11H12N2O2/c1-11(14)6-13(7-11)10-8-3-5-15-9(8)2-4-12-10/h2-5,14H,6-7H2,1H3. The van der Waals surface area contributed by atoms with Crippen molar-refractivity contribution in [2.45, 2.75) is 12.5 Å². The Morgan fingerprint density at radius 3 is 3.00 bits per heavy atom. The molecule has 15 heavy (non-hydrogen) atoms. The van der Waals surface area contributed by atoms with E-state index >= 15 is 0 Å². The zero-order valence-electron chi connectivity index (χ0n) is 8.47. The van der Waals surface area contributed by atoms with Crippen molar-refractivity contribution in [3.05, 3.63) is 24.6 Å². The Kier molecular flexibility index (Phi) is 1.59. The highest BCUT2D eigenvalue weighted by atomic mass is 16.3. The molecule has 0 saturated carbocycles. The van der Waals surface area contributed by atoms with E-state index in [9.17, 15) is 5.11 Å². The summed E-state index contributed by atoms with van der Waals surface area (Å²) in [4.78, 5) is 6.37. The number of rotatable bonds is 1. The SMILES string of the molecule is CC1(O)CN(c2nccc3occc23)C1. The summed E-state index contributed by atoms with van der Waals surface area (Å²) in [5.74, 6) is 0.896. The number of anilines is 1. The minimum atomic E-state index is -0.576. The fraction of sp³-hybridized carbons (Fsp3) is 0.364. The van der Waals surface area contributed by atoms with E-state index < -0.39 is 5.60 Å². The second kappa shape index (κ2) is 2.73. The van der Waals surface area contributed by atoms with Gasteiger partial charge in [-0.3, -0.25) is 0 Å². The van der Waals surface area contributed by atoms with E-state index in [0.717, 1.165) is 16.8 Å². The molecule has 0 radical (unpaired) electrons. The number of hydrogen-bond acceptors (Lipinski definition) is 4. The number of aromatic nitrogens is 1. The fourth-order valence-corrected chi connectivity index (χ4v) is 2.06. The van der Waals surface area contributed by atoms with Crippen LogP contribution in [-0.4, -0.2) is 28.8 Å². The van der Waals surface area contributed by atoms with E-state index in [1.165, 1.54) is 0 Å². The van der Waals surface area contributed by atoms with Gasteiger partial charge in [-0.2, -0.15) is 0 Å². The van der Waals surface area contributed by atoms with Crippen molar-refractivity contribution in [1.29, 1.82) is 0 Å². The molecule has 2 aromatic heterocycles. The lowest BCUT2D eigenvalue weighted by Crippen LogP contribution is -2.60. The maximum absolute atomic E-state index is 9.67. The first-order chi connectivity index (χ1) is 7.16. The number of furan rings is 1. The molecule has 0 bridgehead atoms. The number of fused-ring (bicyclic) bond motifs is 1. The Morgan fingerprint density at radius 2 is 2.27 bits per heavy atom. The second-order valence-electron chi connectivity index (χ2n) is 4.32. The van der Waals surface area contributed by atoms with Crippen LogP contribution in [0.5, 0.6) is 0 Å².